The van der Waals surface area contributed by atoms with Gasteiger partial charge in [0.25, 0.3) is 10.0 Å². The summed E-state index contributed by atoms with van der Waals surface area (Å²) in [5, 5.41) is 14.8. The molecule has 9 nitrogen and oxygen atoms in total. The Morgan fingerprint density at radius 1 is 1.00 bits per heavy atom. The van der Waals surface area contributed by atoms with Gasteiger partial charge in [-0.25, -0.2) is 13.2 Å². The molecule has 0 saturated heterocycles. The van der Waals surface area contributed by atoms with Crippen molar-refractivity contribution < 1.29 is 17.9 Å². The molecular formula is C21H15Cl2N5O4S3. The van der Waals surface area contributed by atoms with Crippen LogP contribution in [0.5, 0.6) is 0 Å². The Kier molecular flexibility index (Phi) is 7.38. The summed E-state index contributed by atoms with van der Waals surface area (Å²) in [6, 6.07) is 14.2. The van der Waals surface area contributed by atoms with E-state index in [-0.39, 0.29) is 21.0 Å². The molecule has 0 amide bonds. The SMILES string of the molecule is COC(=O)c1sc2cc(NC(=S)Nc3ccc(S(=O)(=O)Nc4ccc(Cl)nn4)cc3)ccc2c1Cl. The molecule has 0 spiro atoms. The number of aromatic nitrogens is 2. The molecule has 4 aromatic rings. The van der Waals surface area contributed by atoms with Crippen LogP contribution in [0, 0.1) is 0 Å². The number of methoxy groups -OCH3 is 1. The molecule has 0 aliphatic rings. The van der Waals surface area contributed by atoms with Crippen molar-refractivity contribution >= 4 is 95.1 Å². The van der Waals surface area contributed by atoms with Crippen LogP contribution in [-0.2, 0) is 14.8 Å². The number of thiocarbonyl (C=S) groups is 1. The maximum absolute atomic E-state index is 12.5. The number of nitrogens with one attached hydrogen (secondary N) is 3. The quantitative estimate of drug-likeness (QED) is 0.207. The molecule has 3 N–H and O–H groups in total. The topological polar surface area (TPSA) is 122 Å². The van der Waals surface area contributed by atoms with Crippen molar-refractivity contribution in [3.8, 4) is 0 Å². The summed E-state index contributed by atoms with van der Waals surface area (Å²) in [4.78, 5) is 12.2. The number of fused-ring (bicyclic) bond motifs is 1. The van der Waals surface area contributed by atoms with Gasteiger partial charge in [0.2, 0.25) is 0 Å². The van der Waals surface area contributed by atoms with E-state index in [2.05, 4.69) is 25.6 Å². The van der Waals surface area contributed by atoms with Crippen LogP contribution in [0.25, 0.3) is 10.1 Å². The van der Waals surface area contributed by atoms with E-state index in [1.54, 1.807) is 24.3 Å². The first-order chi connectivity index (χ1) is 16.7. The van der Waals surface area contributed by atoms with Gasteiger partial charge in [-0.05, 0) is 66.8 Å². The van der Waals surface area contributed by atoms with E-state index in [4.69, 9.17) is 40.2 Å². The van der Waals surface area contributed by atoms with Crippen LogP contribution in [0.15, 0.2) is 59.5 Å². The van der Waals surface area contributed by atoms with Crippen molar-refractivity contribution in [2.24, 2.45) is 0 Å². The number of sulfonamides is 1. The lowest BCUT2D eigenvalue weighted by Gasteiger charge is -2.12. The van der Waals surface area contributed by atoms with Crippen molar-refractivity contribution in [3.05, 3.63) is 69.7 Å². The molecule has 2 aromatic heterocycles. The van der Waals surface area contributed by atoms with Crippen LogP contribution in [0.4, 0.5) is 17.2 Å². The smallest absolute Gasteiger partial charge is 0.349 e. The van der Waals surface area contributed by atoms with Gasteiger partial charge in [-0.3, -0.25) is 4.72 Å². The van der Waals surface area contributed by atoms with Gasteiger partial charge in [0, 0.05) is 21.5 Å². The number of rotatable bonds is 6. The molecule has 2 heterocycles. The number of thiophene rings is 1. The van der Waals surface area contributed by atoms with Gasteiger partial charge in [0.1, 0.15) is 4.88 Å². The first-order valence-corrected chi connectivity index (χ1v) is 13.1. The lowest BCUT2D eigenvalue weighted by molar-refractivity contribution is 0.0606. The highest BCUT2D eigenvalue weighted by molar-refractivity contribution is 7.92. The van der Waals surface area contributed by atoms with Crippen LogP contribution in [-0.4, -0.2) is 36.8 Å². The van der Waals surface area contributed by atoms with Crippen LogP contribution >= 0.6 is 46.8 Å². The van der Waals surface area contributed by atoms with Gasteiger partial charge < -0.3 is 15.4 Å². The fourth-order valence-corrected chi connectivity index (χ4v) is 5.74. The summed E-state index contributed by atoms with van der Waals surface area (Å²) in [7, 11) is -2.57. The Morgan fingerprint density at radius 3 is 2.34 bits per heavy atom. The first kappa shape index (κ1) is 25.1. The van der Waals surface area contributed by atoms with Gasteiger partial charge in [-0.15, -0.1) is 21.5 Å². The molecule has 0 atom stereocenters. The number of carbonyl (C=O) groups is 1. The van der Waals surface area contributed by atoms with Crippen LogP contribution in [0.1, 0.15) is 9.67 Å². The summed E-state index contributed by atoms with van der Waals surface area (Å²) < 4.78 is 33.0. The third-order valence-electron chi connectivity index (χ3n) is 4.55. The summed E-state index contributed by atoms with van der Waals surface area (Å²) in [5.41, 5.74) is 1.25. The number of ether oxygens (including phenoxy) is 1. The predicted octanol–water partition coefficient (Wildman–Crippen LogP) is 5.39. The van der Waals surface area contributed by atoms with Gasteiger partial charge in [-0.1, -0.05) is 23.2 Å². The lowest BCUT2D eigenvalue weighted by Crippen LogP contribution is -2.19. The van der Waals surface area contributed by atoms with Gasteiger partial charge in [-0.2, -0.15) is 0 Å². The standard InChI is InChI=1S/C21H15Cl2N5O4S3/c1-32-20(29)19-18(23)14-7-4-12(10-15(14)34-19)25-21(33)24-11-2-5-13(6-3-11)35(30,31)28-17-9-8-16(22)26-27-17/h2-10H,1H3,(H,27,28)(H2,24,25,33). The average molecular weight is 568 g/mol. The second-order valence-electron chi connectivity index (χ2n) is 6.90. The average Bonchev–Trinajstić information content (AvgIpc) is 3.16. The summed E-state index contributed by atoms with van der Waals surface area (Å²) in [6.07, 6.45) is 0. The van der Waals surface area contributed by atoms with Crippen molar-refractivity contribution in [2.75, 3.05) is 22.5 Å². The molecule has 0 bridgehead atoms. The predicted molar refractivity (Wildman–Crippen MR) is 142 cm³/mol. The number of benzene rings is 2. The normalized spacial score (nSPS) is 11.2. The van der Waals surface area contributed by atoms with E-state index in [0.717, 1.165) is 10.1 Å². The van der Waals surface area contributed by atoms with Gasteiger partial charge in [0.15, 0.2) is 16.1 Å². The number of hydrogen-bond acceptors (Lipinski definition) is 8. The van der Waals surface area contributed by atoms with E-state index in [1.807, 2.05) is 6.07 Å². The van der Waals surface area contributed by atoms with Crippen molar-refractivity contribution in [3.63, 3.8) is 0 Å². The molecule has 0 aliphatic heterocycles. The minimum Gasteiger partial charge on any atom is -0.465 e. The molecule has 2 aromatic carbocycles. The zero-order chi connectivity index (χ0) is 25.2. The van der Waals surface area contributed by atoms with E-state index in [1.165, 1.54) is 42.7 Å². The minimum atomic E-state index is -3.86. The van der Waals surface area contributed by atoms with Crippen LogP contribution in [0.2, 0.25) is 10.2 Å². The van der Waals surface area contributed by atoms with E-state index in [0.29, 0.717) is 21.3 Å². The number of hydrogen-bond donors (Lipinski definition) is 3. The molecular weight excluding hydrogens is 553 g/mol. The number of esters is 1. The molecule has 14 heteroatoms. The van der Waals surface area contributed by atoms with Gasteiger partial charge in [0.05, 0.1) is 17.0 Å². The van der Waals surface area contributed by atoms with E-state index in [9.17, 15) is 13.2 Å². The molecule has 0 aliphatic carbocycles. The Bertz CT molecular complexity index is 1530. The third kappa shape index (κ3) is 5.80. The second-order valence-corrected chi connectivity index (χ2v) is 10.8. The Hall–Kier alpha value is -3.03. The second kappa shape index (κ2) is 10.3. The van der Waals surface area contributed by atoms with Crippen molar-refractivity contribution in [1.29, 1.82) is 0 Å². The Balaban J connectivity index is 1.42. The lowest BCUT2D eigenvalue weighted by atomic mass is 10.2. The number of carbonyl (C=O) groups excluding carboxylic acids is 1. The molecule has 0 radical (unpaired) electrons. The fourth-order valence-electron chi connectivity index (χ4n) is 2.94. The number of nitrogens with zero attached hydrogens (tertiary/aromatic N) is 2. The zero-order valence-electron chi connectivity index (χ0n) is 17.7. The highest BCUT2D eigenvalue weighted by atomic mass is 35.5. The van der Waals surface area contributed by atoms with E-state index < -0.39 is 16.0 Å². The van der Waals surface area contributed by atoms with Crippen LogP contribution < -0.4 is 15.4 Å². The first-order valence-electron chi connectivity index (χ1n) is 9.67. The largest absolute Gasteiger partial charge is 0.465 e. The number of halogens is 2. The van der Waals surface area contributed by atoms with Crippen molar-refractivity contribution in [2.45, 2.75) is 4.90 Å². The molecule has 180 valence electrons. The molecule has 0 unspecified atom stereocenters. The Morgan fingerprint density at radius 2 is 1.69 bits per heavy atom. The zero-order valence-corrected chi connectivity index (χ0v) is 21.7. The van der Waals surface area contributed by atoms with E-state index >= 15 is 0 Å². The molecule has 0 fully saturated rings. The molecule has 4 rings (SSSR count). The minimum absolute atomic E-state index is 0.0279. The monoisotopic (exact) mass is 567 g/mol. The molecule has 35 heavy (non-hydrogen) atoms. The summed E-state index contributed by atoms with van der Waals surface area (Å²) >= 11 is 18.5. The maximum atomic E-state index is 12.5. The fraction of sp³-hybridized carbons (Fsp3) is 0.0476. The Labute approximate surface area is 219 Å². The number of anilines is 3. The highest BCUT2D eigenvalue weighted by Gasteiger charge is 2.18. The maximum Gasteiger partial charge on any atom is 0.349 e. The van der Waals surface area contributed by atoms with Gasteiger partial charge >= 0.3 is 5.97 Å². The van der Waals surface area contributed by atoms with Crippen molar-refractivity contribution in [1.82, 2.24) is 10.2 Å². The third-order valence-corrected chi connectivity index (χ3v) is 7.97. The highest BCUT2D eigenvalue weighted by Crippen LogP contribution is 2.37. The summed E-state index contributed by atoms with van der Waals surface area (Å²) in [5.74, 6) is -0.450. The van der Waals surface area contributed by atoms with Crippen LogP contribution in [0.3, 0.4) is 0 Å². The summed E-state index contributed by atoms with van der Waals surface area (Å²) in [6.45, 7) is 0. The molecule has 0 saturated carbocycles.